The predicted molar refractivity (Wildman–Crippen MR) is 67.1 cm³/mol. The zero-order valence-electron chi connectivity index (χ0n) is 10.9. The van der Waals surface area contributed by atoms with Crippen LogP contribution < -0.4 is 4.74 Å². The Morgan fingerprint density at radius 1 is 1.44 bits per heavy atom. The van der Waals surface area contributed by atoms with Gasteiger partial charge in [0.05, 0.1) is 7.11 Å². The van der Waals surface area contributed by atoms with Crippen LogP contribution in [0.3, 0.4) is 0 Å². The summed E-state index contributed by atoms with van der Waals surface area (Å²) in [6.07, 6.45) is 2.69. The van der Waals surface area contributed by atoms with Crippen molar-refractivity contribution in [3.8, 4) is 5.75 Å². The molecule has 0 saturated carbocycles. The normalized spacial score (nSPS) is 14.1. The average molecular weight is 219 g/mol. The third-order valence-corrected chi connectivity index (χ3v) is 2.65. The van der Waals surface area contributed by atoms with Gasteiger partial charge in [-0.05, 0) is 44.3 Å². The van der Waals surface area contributed by atoms with Crippen LogP contribution in [-0.4, -0.2) is 37.6 Å². The van der Waals surface area contributed by atoms with Gasteiger partial charge in [0.2, 0.25) is 0 Å². The maximum Gasteiger partial charge on any atom is 0.119 e. The number of aromatic amines is 1. The van der Waals surface area contributed by atoms with E-state index in [4.69, 9.17) is 6.11 Å². The standard InChI is InChI=1S/C13H18N2O/c1-15(2)7-6-10-9-14-13-5-4-11(16-3)8-12(10)13/h4-5,8-9,14H,6-7H2,1-3H3/i7D. The molecule has 1 N–H and O–H groups in total. The number of aromatic nitrogens is 1. The fraction of sp³-hybridized carbons (Fsp3) is 0.385. The van der Waals surface area contributed by atoms with Gasteiger partial charge < -0.3 is 14.6 Å². The Morgan fingerprint density at radius 3 is 2.94 bits per heavy atom. The van der Waals surface area contributed by atoms with Gasteiger partial charge in [0.15, 0.2) is 0 Å². The van der Waals surface area contributed by atoms with Gasteiger partial charge in [0.25, 0.3) is 0 Å². The predicted octanol–water partition coefficient (Wildman–Crippen LogP) is 2.28. The molecular formula is C13H18N2O. The molecule has 0 aliphatic rings. The average Bonchev–Trinajstić information content (AvgIpc) is 2.71. The molecule has 0 amide bonds. The number of aryl methyl sites for hydroxylation is 1. The van der Waals surface area contributed by atoms with Crippen LogP contribution in [0.25, 0.3) is 10.9 Å². The Bertz CT molecular complexity index is 507. The summed E-state index contributed by atoms with van der Waals surface area (Å²) in [7, 11) is 5.51. The summed E-state index contributed by atoms with van der Waals surface area (Å²) in [5.41, 5.74) is 2.25. The van der Waals surface area contributed by atoms with Crippen molar-refractivity contribution in [2.75, 3.05) is 27.7 Å². The van der Waals surface area contributed by atoms with Crippen LogP contribution in [0.2, 0.25) is 0 Å². The highest BCUT2D eigenvalue weighted by Crippen LogP contribution is 2.23. The molecule has 1 heterocycles. The van der Waals surface area contributed by atoms with E-state index in [0.717, 1.165) is 22.2 Å². The number of hydrogen-bond acceptors (Lipinski definition) is 2. The molecule has 0 spiro atoms. The third-order valence-electron chi connectivity index (χ3n) is 2.65. The maximum atomic E-state index is 7.96. The molecule has 0 aliphatic heterocycles. The largest absolute Gasteiger partial charge is 0.497 e. The summed E-state index contributed by atoms with van der Waals surface area (Å²) >= 11 is 0. The smallest absolute Gasteiger partial charge is 0.119 e. The van der Waals surface area contributed by atoms with E-state index in [2.05, 4.69) is 4.98 Å². The molecule has 3 heteroatoms. The molecule has 0 radical (unpaired) electrons. The lowest BCUT2D eigenvalue weighted by Crippen LogP contribution is -2.14. The number of benzene rings is 1. The summed E-state index contributed by atoms with van der Waals surface area (Å²) < 4.78 is 13.2. The quantitative estimate of drug-likeness (QED) is 0.854. The molecular weight excluding hydrogens is 200 g/mol. The first-order valence-corrected chi connectivity index (χ1v) is 5.34. The number of nitrogens with one attached hydrogen (secondary N) is 1. The molecule has 0 fully saturated rings. The Morgan fingerprint density at radius 2 is 2.25 bits per heavy atom. The number of H-pyrrole nitrogens is 1. The fourth-order valence-corrected chi connectivity index (χ4v) is 1.73. The van der Waals surface area contributed by atoms with Gasteiger partial charge in [-0.2, -0.15) is 0 Å². The Kier molecular flexibility index (Phi) is 2.78. The van der Waals surface area contributed by atoms with Crippen LogP contribution in [0.4, 0.5) is 0 Å². The molecule has 2 rings (SSSR count). The summed E-state index contributed by atoms with van der Waals surface area (Å²) in [6.45, 7) is -0.222. The van der Waals surface area contributed by atoms with E-state index in [9.17, 15) is 0 Å². The molecule has 0 saturated heterocycles. The highest BCUT2D eigenvalue weighted by Gasteiger charge is 2.05. The SMILES string of the molecule is [2H]C(Cc1c[nH]c2ccc(OC)cc12)N(C)C. The molecule has 16 heavy (non-hydrogen) atoms. The first kappa shape index (κ1) is 9.73. The third kappa shape index (κ3) is 2.19. The first-order valence-electron chi connectivity index (χ1n) is 5.92. The van der Waals surface area contributed by atoms with Gasteiger partial charge in [0.1, 0.15) is 5.75 Å². The number of rotatable bonds is 4. The van der Waals surface area contributed by atoms with Crippen LogP contribution in [-0.2, 0) is 6.42 Å². The summed E-state index contributed by atoms with van der Waals surface area (Å²) in [5.74, 6) is 0.852. The van der Waals surface area contributed by atoms with Crippen molar-refractivity contribution in [2.24, 2.45) is 0 Å². The van der Waals surface area contributed by atoms with Gasteiger partial charge in [-0.25, -0.2) is 0 Å². The van der Waals surface area contributed by atoms with Crippen LogP contribution in [0, 0.1) is 0 Å². The minimum Gasteiger partial charge on any atom is -0.497 e. The number of nitrogens with zero attached hydrogens (tertiary/aromatic N) is 1. The second-order valence-corrected chi connectivity index (χ2v) is 4.08. The molecule has 1 atom stereocenters. The minimum atomic E-state index is -0.222. The highest BCUT2D eigenvalue weighted by molar-refractivity contribution is 5.84. The van der Waals surface area contributed by atoms with Crippen molar-refractivity contribution in [2.45, 2.75) is 6.42 Å². The molecule has 0 bridgehead atoms. The number of fused-ring (bicyclic) bond motifs is 1. The van der Waals surface area contributed by atoms with Crippen LogP contribution in [0.5, 0.6) is 5.75 Å². The van der Waals surface area contributed by atoms with E-state index in [1.807, 2.05) is 43.4 Å². The van der Waals surface area contributed by atoms with Gasteiger partial charge in [-0.3, -0.25) is 0 Å². The van der Waals surface area contributed by atoms with E-state index in [1.54, 1.807) is 7.11 Å². The highest BCUT2D eigenvalue weighted by atomic mass is 16.5. The monoisotopic (exact) mass is 219 g/mol. The summed E-state index contributed by atoms with van der Waals surface area (Å²) in [6, 6.07) is 5.96. The van der Waals surface area contributed by atoms with Crippen LogP contribution in [0.15, 0.2) is 24.4 Å². The van der Waals surface area contributed by atoms with Crippen molar-refractivity contribution in [3.63, 3.8) is 0 Å². The van der Waals surface area contributed by atoms with Crippen molar-refractivity contribution in [1.82, 2.24) is 9.88 Å². The van der Waals surface area contributed by atoms with Gasteiger partial charge >= 0.3 is 0 Å². The van der Waals surface area contributed by atoms with Gasteiger partial charge in [-0.1, -0.05) is 0 Å². The number of hydrogen-bond donors (Lipinski definition) is 1. The van der Waals surface area contributed by atoms with E-state index in [-0.39, 0.29) is 6.52 Å². The first-order chi connectivity index (χ1) is 8.11. The Hall–Kier alpha value is -1.48. The molecule has 1 aromatic heterocycles. The summed E-state index contributed by atoms with van der Waals surface area (Å²) in [5, 5.41) is 1.14. The van der Waals surface area contributed by atoms with Crippen molar-refractivity contribution in [3.05, 3.63) is 30.0 Å². The summed E-state index contributed by atoms with van der Waals surface area (Å²) in [4.78, 5) is 5.13. The van der Waals surface area contributed by atoms with E-state index in [1.165, 1.54) is 0 Å². The zero-order chi connectivity index (χ0) is 12.4. The fourth-order valence-electron chi connectivity index (χ4n) is 1.73. The maximum absolute atomic E-state index is 7.96. The van der Waals surface area contributed by atoms with Gasteiger partial charge in [-0.15, -0.1) is 0 Å². The van der Waals surface area contributed by atoms with Crippen molar-refractivity contribution < 1.29 is 6.11 Å². The van der Waals surface area contributed by atoms with E-state index >= 15 is 0 Å². The number of methoxy groups -OCH3 is 1. The van der Waals surface area contributed by atoms with Crippen LogP contribution in [0.1, 0.15) is 6.93 Å². The molecule has 86 valence electrons. The molecule has 0 aliphatic carbocycles. The molecule has 1 unspecified atom stereocenters. The van der Waals surface area contributed by atoms with E-state index < -0.39 is 0 Å². The second kappa shape index (κ2) is 4.58. The van der Waals surface area contributed by atoms with Crippen LogP contribution >= 0.6 is 0 Å². The van der Waals surface area contributed by atoms with Gasteiger partial charge in [0, 0.05) is 25.0 Å². The zero-order valence-corrected chi connectivity index (χ0v) is 9.95. The van der Waals surface area contributed by atoms with E-state index in [0.29, 0.717) is 6.42 Å². The number of likely N-dealkylation sites (N-methyl/N-ethyl adjacent to an activating group) is 1. The Balaban J connectivity index is 2.34. The topological polar surface area (TPSA) is 28.3 Å². The second-order valence-electron chi connectivity index (χ2n) is 4.08. The lowest BCUT2D eigenvalue weighted by Gasteiger charge is -2.08. The lowest BCUT2D eigenvalue weighted by molar-refractivity contribution is 0.413. The molecule has 3 nitrogen and oxygen atoms in total. The lowest BCUT2D eigenvalue weighted by atomic mass is 10.1. The number of ether oxygens (including phenoxy) is 1. The Labute approximate surface area is 97.4 Å². The molecule has 1 aromatic carbocycles. The minimum absolute atomic E-state index is 0.222. The molecule has 2 aromatic rings. The van der Waals surface area contributed by atoms with Crippen molar-refractivity contribution >= 4 is 10.9 Å². The van der Waals surface area contributed by atoms with Crippen molar-refractivity contribution in [1.29, 1.82) is 0 Å².